The van der Waals surface area contributed by atoms with Crippen LogP contribution in [-0.4, -0.2) is 22.5 Å². The largest absolute Gasteiger partial charge is 0.377 e. The molecule has 0 bridgehead atoms. The van der Waals surface area contributed by atoms with Crippen molar-refractivity contribution in [3.8, 4) is 0 Å². The van der Waals surface area contributed by atoms with Gasteiger partial charge in [-0.25, -0.2) is 0 Å². The van der Waals surface area contributed by atoms with Crippen molar-refractivity contribution >= 4 is 0 Å². The number of hydrogen-bond donors (Lipinski definition) is 1. The maximum atomic E-state index is 6.11. The molecule has 0 spiro atoms. The highest BCUT2D eigenvalue weighted by molar-refractivity contribution is 5.14. The average Bonchev–Trinajstić information content (AvgIpc) is 2.66. The van der Waals surface area contributed by atoms with E-state index in [0.29, 0.717) is 0 Å². The molecule has 15 heavy (non-hydrogen) atoms. The number of rotatable bonds is 5. The minimum Gasteiger partial charge on any atom is -0.377 e. The van der Waals surface area contributed by atoms with Crippen LogP contribution in [-0.2, 0) is 11.3 Å². The molecule has 0 radical (unpaired) electrons. The van der Waals surface area contributed by atoms with Crippen molar-refractivity contribution in [2.24, 2.45) is 5.73 Å². The van der Waals surface area contributed by atoms with Crippen molar-refractivity contribution in [2.75, 3.05) is 7.11 Å². The summed E-state index contributed by atoms with van der Waals surface area (Å²) in [5, 5.41) is 4.26. The third-order valence-electron chi connectivity index (χ3n) is 2.74. The van der Waals surface area contributed by atoms with Gasteiger partial charge in [-0.15, -0.1) is 0 Å². The zero-order valence-corrected chi connectivity index (χ0v) is 10.0. The Morgan fingerprint density at radius 3 is 2.80 bits per heavy atom. The van der Waals surface area contributed by atoms with Gasteiger partial charge < -0.3 is 10.5 Å². The highest BCUT2D eigenvalue weighted by atomic mass is 16.5. The molecule has 1 aromatic rings. The number of hydrogen-bond acceptors (Lipinski definition) is 3. The van der Waals surface area contributed by atoms with E-state index in [9.17, 15) is 0 Å². The number of aryl methyl sites for hydroxylation is 1. The van der Waals surface area contributed by atoms with Crippen LogP contribution < -0.4 is 5.73 Å². The second-order valence-corrected chi connectivity index (χ2v) is 4.32. The molecule has 4 heteroatoms. The maximum Gasteiger partial charge on any atom is 0.0815 e. The number of nitrogens with zero attached hydrogens (tertiary/aromatic N) is 2. The van der Waals surface area contributed by atoms with Crippen LogP contribution in [0.25, 0.3) is 0 Å². The monoisotopic (exact) mass is 211 g/mol. The lowest BCUT2D eigenvalue weighted by Gasteiger charge is -2.29. The van der Waals surface area contributed by atoms with Gasteiger partial charge in [-0.05, 0) is 20.3 Å². The molecule has 1 unspecified atom stereocenters. The van der Waals surface area contributed by atoms with Crippen LogP contribution in [0, 0.1) is 0 Å². The van der Waals surface area contributed by atoms with E-state index in [1.54, 1.807) is 7.11 Å². The standard InChI is InChI=1S/C11H21N3O/c1-5-6-14-8-9(7-13-14)10(12)11(2,3)15-4/h7-8,10H,5-6,12H2,1-4H3. The SMILES string of the molecule is CCCn1cc(C(N)C(C)(C)OC)cn1. The Hall–Kier alpha value is -0.870. The van der Waals surface area contributed by atoms with E-state index in [1.807, 2.05) is 30.9 Å². The van der Waals surface area contributed by atoms with Crippen molar-refractivity contribution in [2.45, 2.75) is 45.4 Å². The van der Waals surface area contributed by atoms with Crippen molar-refractivity contribution in [3.63, 3.8) is 0 Å². The van der Waals surface area contributed by atoms with Crippen molar-refractivity contribution < 1.29 is 4.74 Å². The Morgan fingerprint density at radius 1 is 1.60 bits per heavy atom. The van der Waals surface area contributed by atoms with Crippen molar-refractivity contribution in [3.05, 3.63) is 18.0 Å². The fraction of sp³-hybridized carbons (Fsp3) is 0.727. The quantitative estimate of drug-likeness (QED) is 0.806. The normalized spacial score (nSPS) is 14.2. The molecule has 4 nitrogen and oxygen atoms in total. The van der Waals surface area contributed by atoms with Gasteiger partial charge in [-0.2, -0.15) is 5.10 Å². The van der Waals surface area contributed by atoms with Crippen LogP contribution in [0.5, 0.6) is 0 Å². The summed E-state index contributed by atoms with van der Waals surface area (Å²) in [6, 6.07) is -0.145. The van der Waals surface area contributed by atoms with Gasteiger partial charge in [0.2, 0.25) is 0 Å². The fourth-order valence-electron chi connectivity index (χ4n) is 1.42. The van der Waals surface area contributed by atoms with Crippen LogP contribution in [0.4, 0.5) is 0 Å². The first-order valence-electron chi connectivity index (χ1n) is 5.34. The molecule has 0 saturated heterocycles. The van der Waals surface area contributed by atoms with Gasteiger partial charge in [0, 0.05) is 25.4 Å². The summed E-state index contributed by atoms with van der Waals surface area (Å²) < 4.78 is 7.28. The summed E-state index contributed by atoms with van der Waals surface area (Å²) in [6.07, 6.45) is 4.89. The number of methoxy groups -OCH3 is 1. The lowest BCUT2D eigenvalue weighted by atomic mass is 9.95. The van der Waals surface area contributed by atoms with E-state index >= 15 is 0 Å². The molecule has 0 aromatic carbocycles. The van der Waals surface area contributed by atoms with E-state index in [0.717, 1.165) is 18.5 Å². The molecular weight excluding hydrogens is 190 g/mol. The van der Waals surface area contributed by atoms with E-state index < -0.39 is 0 Å². The molecule has 0 amide bonds. The molecule has 1 aromatic heterocycles. The number of nitrogens with two attached hydrogens (primary N) is 1. The molecule has 0 aliphatic carbocycles. The zero-order valence-electron chi connectivity index (χ0n) is 10.0. The molecule has 1 atom stereocenters. The average molecular weight is 211 g/mol. The molecule has 1 rings (SSSR count). The second-order valence-electron chi connectivity index (χ2n) is 4.32. The van der Waals surface area contributed by atoms with Crippen LogP contribution in [0.3, 0.4) is 0 Å². The van der Waals surface area contributed by atoms with Gasteiger partial charge in [0.15, 0.2) is 0 Å². The first-order chi connectivity index (χ1) is 7.01. The van der Waals surface area contributed by atoms with Crippen LogP contribution in [0.1, 0.15) is 38.8 Å². The lowest BCUT2D eigenvalue weighted by molar-refractivity contribution is -0.0000536. The Labute approximate surface area is 91.4 Å². The van der Waals surface area contributed by atoms with E-state index in [1.165, 1.54) is 0 Å². The summed E-state index contributed by atoms with van der Waals surface area (Å²) in [4.78, 5) is 0. The Bertz CT molecular complexity index is 307. The fourth-order valence-corrected chi connectivity index (χ4v) is 1.42. The van der Waals surface area contributed by atoms with Crippen molar-refractivity contribution in [1.82, 2.24) is 9.78 Å². The van der Waals surface area contributed by atoms with Crippen LogP contribution >= 0.6 is 0 Å². The molecule has 1 heterocycles. The second kappa shape index (κ2) is 4.77. The van der Waals surface area contributed by atoms with Gasteiger partial charge in [0.1, 0.15) is 0 Å². The summed E-state index contributed by atoms with van der Waals surface area (Å²) in [5.74, 6) is 0. The summed E-state index contributed by atoms with van der Waals surface area (Å²) in [5.41, 5.74) is 6.78. The van der Waals surface area contributed by atoms with E-state index in [2.05, 4.69) is 12.0 Å². The molecule has 0 fully saturated rings. The molecule has 86 valence electrons. The summed E-state index contributed by atoms with van der Waals surface area (Å²) >= 11 is 0. The van der Waals surface area contributed by atoms with Gasteiger partial charge in [0.05, 0.1) is 17.8 Å². The molecule has 0 aliphatic heterocycles. The van der Waals surface area contributed by atoms with Gasteiger partial charge in [0.25, 0.3) is 0 Å². The van der Waals surface area contributed by atoms with Gasteiger partial charge in [-0.3, -0.25) is 4.68 Å². The predicted octanol–water partition coefficient (Wildman–Crippen LogP) is 1.72. The minimum atomic E-state index is -0.361. The van der Waals surface area contributed by atoms with Crippen LogP contribution in [0.15, 0.2) is 12.4 Å². The predicted molar refractivity (Wildman–Crippen MR) is 60.5 cm³/mol. The van der Waals surface area contributed by atoms with Gasteiger partial charge >= 0.3 is 0 Å². The highest BCUT2D eigenvalue weighted by Crippen LogP contribution is 2.25. The number of ether oxygens (including phenoxy) is 1. The lowest BCUT2D eigenvalue weighted by Crippen LogP contribution is -2.37. The Kier molecular flexibility index (Phi) is 3.88. The first kappa shape index (κ1) is 12.2. The van der Waals surface area contributed by atoms with Crippen LogP contribution in [0.2, 0.25) is 0 Å². The Morgan fingerprint density at radius 2 is 2.27 bits per heavy atom. The molecule has 0 saturated carbocycles. The number of aromatic nitrogens is 2. The Balaban J connectivity index is 2.78. The first-order valence-corrected chi connectivity index (χ1v) is 5.34. The third-order valence-corrected chi connectivity index (χ3v) is 2.74. The highest BCUT2D eigenvalue weighted by Gasteiger charge is 2.28. The topological polar surface area (TPSA) is 53.1 Å². The van der Waals surface area contributed by atoms with Crippen molar-refractivity contribution in [1.29, 1.82) is 0 Å². The third kappa shape index (κ3) is 2.79. The molecular formula is C11H21N3O. The molecule has 2 N–H and O–H groups in total. The zero-order chi connectivity index (χ0) is 11.5. The smallest absolute Gasteiger partial charge is 0.0815 e. The van der Waals surface area contributed by atoms with E-state index in [4.69, 9.17) is 10.5 Å². The molecule has 0 aliphatic rings. The van der Waals surface area contributed by atoms with E-state index in [-0.39, 0.29) is 11.6 Å². The summed E-state index contributed by atoms with van der Waals surface area (Å²) in [6.45, 7) is 7.02. The minimum absolute atomic E-state index is 0.145. The maximum absolute atomic E-state index is 6.11. The summed E-state index contributed by atoms with van der Waals surface area (Å²) in [7, 11) is 1.68. The van der Waals surface area contributed by atoms with Gasteiger partial charge in [-0.1, -0.05) is 6.92 Å².